The second-order valence-electron chi connectivity index (χ2n) is 5.17. The Morgan fingerprint density at radius 3 is 3.05 bits per heavy atom. The van der Waals surface area contributed by atoms with E-state index in [0.717, 1.165) is 36.7 Å². The predicted octanol–water partition coefficient (Wildman–Crippen LogP) is 1.77. The minimum absolute atomic E-state index is 0.0174. The van der Waals surface area contributed by atoms with Crippen LogP contribution in [0.4, 0.5) is 4.39 Å². The van der Waals surface area contributed by atoms with Crippen molar-refractivity contribution in [3.63, 3.8) is 0 Å². The van der Waals surface area contributed by atoms with E-state index in [1.807, 2.05) is 6.07 Å². The number of nitrogens with two attached hydrogens (primary N) is 1. The maximum Gasteiger partial charge on any atom is 0.251 e. The first-order chi connectivity index (χ1) is 9.65. The molecule has 3 rings (SSSR count). The maximum absolute atomic E-state index is 13.2. The van der Waals surface area contributed by atoms with Crippen molar-refractivity contribution >= 4 is 0 Å². The number of hydrogen-bond acceptors (Lipinski definition) is 3. The van der Waals surface area contributed by atoms with Crippen molar-refractivity contribution in [2.24, 2.45) is 5.73 Å². The molecular weight excluding hydrogens is 257 g/mol. The Hall–Kier alpha value is -2.01. The second-order valence-corrected chi connectivity index (χ2v) is 5.17. The molecule has 0 saturated heterocycles. The summed E-state index contributed by atoms with van der Waals surface area (Å²) < 4.78 is 14.9. The van der Waals surface area contributed by atoms with Gasteiger partial charge in [0.25, 0.3) is 5.56 Å². The van der Waals surface area contributed by atoms with Crippen molar-refractivity contribution in [2.45, 2.75) is 31.8 Å². The lowest BCUT2D eigenvalue weighted by Crippen LogP contribution is -2.29. The summed E-state index contributed by atoms with van der Waals surface area (Å²) in [6.07, 6.45) is 5.48. The zero-order valence-corrected chi connectivity index (χ0v) is 11.1. The highest BCUT2D eigenvalue weighted by Gasteiger charge is 2.20. The van der Waals surface area contributed by atoms with Crippen LogP contribution in [0.5, 0.6) is 0 Å². The van der Waals surface area contributed by atoms with Crippen molar-refractivity contribution in [2.75, 3.05) is 0 Å². The smallest absolute Gasteiger partial charge is 0.251 e. The molecule has 0 aromatic carbocycles. The molecule has 0 fully saturated rings. The fourth-order valence-electron chi connectivity index (χ4n) is 2.80. The lowest BCUT2D eigenvalue weighted by Gasteiger charge is -2.25. The molecule has 2 heterocycles. The first-order valence-electron chi connectivity index (χ1n) is 6.73. The molecule has 0 spiro atoms. The summed E-state index contributed by atoms with van der Waals surface area (Å²) in [4.78, 5) is 15.9. The van der Waals surface area contributed by atoms with E-state index in [1.54, 1.807) is 10.8 Å². The number of pyridine rings is 2. The van der Waals surface area contributed by atoms with Gasteiger partial charge in [-0.25, -0.2) is 4.39 Å². The molecule has 2 N–H and O–H groups in total. The summed E-state index contributed by atoms with van der Waals surface area (Å²) in [5.74, 6) is -0.392. The highest BCUT2D eigenvalue weighted by atomic mass is 19.1. The van der Waals surface area contributed by atoms with E-state index in [2.05, 4.69) is 4.98 Å². The molecule has 2 aromatic rings. The van der Waals surface area contributed by atoms with Crippen LogP contribution >= 0.6 is 0 Å². The number of nitrogens with zero attached hydrogens (tertiary/aromatic N) is 2. The first-order valence-corrected chi connectivity index (χ1v) is 6.73. The summed E-state index contributed by atoms with van der Waals surface area (Å²) >= 11 is 0. The molecule has 0 aliphatic heterocycles. The Morgan fingerprint density at radius 2 is 2.25 bits per heavy atom. The average Bonchev–Trinajstić information content (AvgIpc) is 2.42. The topological polar surface area (TPSA) is 60.9 Å². The molecule has 1 aliphatic carbocycles. The molecule has 4 nitrogen and oxygen atoms in total. The third kappa shape index (κ3) is 2.36. The Balaban J connectivity index is 2.05. The van der Waals surface area contributed by atoms with Crippen LogP contribution in [0.25, 0.3) is 0 Å². The van der Waals surface area contributed by atoms with Crippen LogP contribution in [-0.4, -0.2) is 9.55 Å². The van der Waals surface area contributed by atoms with Crippen LogP contribution in [0.1, 0.15) is 35.7 Å². The van der Waals surface area contributed by atoms with Gasteiger partial charge in [-0.3, -0.25) is 9.78 Å². The van der Waals surface area contributed by atoms with Crippen molar-refractivity contribution in [1.29, 1.82) is 0 Å². The lowest BCUT2D eigenvalue weighted by atomic mass is 9.91. The summed E-state index contributed by atoms with van der Waals surface area (Å²) in [5.41, 5.74) is 8.69. The zero-order chi connectivity index (χ0) is 14.1. The second kappa shape index (κ2) is 5.17. The third-order valence-corrected chi connectivity index (χ3v) is 3.76. The van der Waals surface area contributed by atoms with E-state index in [0.29, 0.717) is 12.1 Å². The highest BCUT2D eigenvalue weighted by molar-refractivity contribution is 5.28. The Morgan fingerprint density at radius 1 is 1.40 bits per heavy atom. The zero-order valence-electron chi connectivity index (χ0n) is 11.1. The number of rotatable bonds is 2. The van der Waals surface area contributed by atoms with Crippen LogP contribution in [0, 0.1) is 5.82 Å². The highest BCUT2D eigenvalue weighted by Crippen LogP contribution is 2.26. The molecule has 104 valence electrons. The minimum Gasteiger partial charge on any atom is -0.324 e. The van der Waals surface area contributed by atoms with Gasteiger partial charge in [0.2, 0.25) is 0 Å². The van der Waals surface area contributed by atoms with Crippen molar-refractivity contribution < 1.29 is 4.39 Å². The lowest BCUT2D eigenvalue weighted by molar-refractivity contribution is 0.528. The van der Waals surface area contributed by atoms with Gasteiger partial charge in [-0.05, 0) is 36.5 Å². The quantitative estimate of drug-likeness (QED) is 0.907. The standard InChI is InChI=1S/C15H16FN3O/c16-11-6-10(7-18-8-11)9-19-14-3-1-2-13(17)12(14)4-5-15(19)20/h4-8,13H,1-3,9,17H2. The van der Waals surface area contributed by atoms with Gasteiger partial charge in [0.05, 0.1) is 12.7 Å². The van der Waals surface area contributed by atoms with E-state index in [1.165, 1.54) is 12.1 Å². The third-order valence-electron chi connectivity index (χ3n) is 3.76. The number of halogens is 1. The molecule has 0 saturated carbocycles. The summed E-state index contributed by atoms with van der Waals surface area (Å²) in [6, 6.07) is 4.75. The average molecular weight is 273 g/mol. The van der Waals surface area contributed by atoms with E-state index >= 15 is 0 Å². The van der Waals surface area contributed by atoms with Crippen LogP contribution in [-0.2, 0) is 13.0 Å². The summed E-state index contributed by atoms with van der Waals surface area (Å²) in [7, 11) is 0. The SMILES string of the molecule is NC1CCCc2c1ccc(=O)n2Cc1cncc(F)c1. The molecule has 0 amide bonds. The Bertz CT molecular complexity index is 696. The molecule has 2 aromatic heterocycles. The van der Waals surface area contributed by atoms with Crippen LogP contribution in [0.15, 0.2) is 35.4 Å². The van der Waals surface area contributed by atoms with Gasteiger partial charge in [-0.1, -0.05) is 6.07 Å². The Kier molecular flexibility index (Phi) is 3.36. The van der Waals surface area contributed by atoms with Crippen LogP contribution < -0.4 is 11.3 Å². The van der Waals surface area contributed by atoms with E-state index in [-0.39, 0.29) is 11.6 Å². The summed E-state index contributed by atoms with van der Waals surface area (Å²) in [6.45, 7) is 0.333. The molecule has 1 atom stereocenters. The number of aromatic nitrogens is 2. The van der Waals surface area contributed by atoms with Gasteiger partial charge < -0.3 is 10.3 Å². The fourth-order valence-corrected chi connectivity index (χ4v) is 2.80. The Labute approximate surface area is 116 Å². The largest absolute Gasteiger partial charge is 0.324 e. The molecular formula is C15H16FN3O. The normalized spacial score (nSPS) is 17.8. The minimum atomic E-state index is -0.392. The number of fused-ring (bicyclic) bond motifs is 1. The van der Waals surface area contributed by atoms with Gasteiger partial charge in [0, 0.05) is 24.0 Å². The monoisotopic (exact) mass is 273 g/mol. The van der Waals surface area contributed by atoms with Crippen LogP contribution in [0.2, 0.25) is 0 Å². The molecule has 1 aliphatic rings. The van der Waals surface area contributed by atoms with Gasteiger partial charge in [0.15, 0.2) is 0 Å². The fraction of sp³-hybridized carbons (Fsp3) is 0.333. The van der Waals surface area contributed by atoms with Gasteiger partial charge >= 0.3 is 0 Å². The van der Waals surface area contributed by atoms with Crippen molar-refractivity contribution in [3.05, 3.63) is 63.6 Å². The van der Waals surface area contributed by atoms with Gasteiger partial charge in [0.1, 0.15) is 5.82 Å². The van der Waals surface area contributed by atoms with Gasteiger partial charge in [-0.15, -0.1) is 0 Å². The van der Waals surface area contributed by atoms with Gasteiger partial charge in [-0.2, -0.15) is 0 Å². The molecule has 20 heavy (non-hydrogen) atoms. The number of hydrogen-bond donors (Lipinski definition) is 1. The van der Waals surface area contributed by atoms with E-state index < -0.39 is 5.82 Å². The predicted molar refractivity (Wildman–Crippen MR) is 73.9 cm³/mol. The van der Waals surface area contributed by atoms with Crippen molar-refractivity contribution in [3.8, 4) is 0 Å². The van der Waals surface area contributed by atoms with Crippen molar-refractivity contribution in [1.82, 2.24) is 9.55 Å². The first kappa shape index (κ1) is 13.0. The molecule has 0 bridgehead atoms. The molecule has 1 unspecified atom stereocenters. The van der Waals surface area contributed by atoms with E-state index in [9.17, 15) is 9.18 Å². The van der Waals surface area contributed by atoms with E-state index in [4.69, 9.17) is 5.73 Å². The maximum atomic E-state index is 13.2. The molecule has 5 heteroatoms. The summed E-state index contributed by atoms with van der Waals surface area (Å²) in [5, 5.41) is 0. The van der Waals surface area contributed by atoms with Crippen LogP contribution in [0.3, 0.4) is 0 Å². The molecule has 0 radical (unpaired) electrons.